The minimum Gasteiger partial charge on any atom is -0.351 e. The van der Waals surface area contributed by atoms with Gasteiger partial charge in [-0.15, -0.1) is 30.3 Å². The molecular formula is C14H19N7O12. The van der Waals surface area contributed by atoms with Crippen molar-refractivity contribution in [2.24, 2.45) is 0 Å². The molecule has 19 nitrogen and oxygen atoms in total. The number of rotatable bonds is 12. The van der Waals surface area contributed by atoms with Crippen LogP contribution >= 0.6 is 0 Å². The summed E-state index contributed by atoms with van der Waals surface area (Å²) in [5, 5.41) is 33.6. The van der Waals surface area contributed by atoms with Crippen molar-refractivity contribution in [2.75, 3.05) is 19.7 Å². The van der Waals surface area contributed by atoms with Crippen LogP contribution in [0, 0.1) is 30.3 Å². The van der Waals surface area contributed by atoms with Crippen LogP contribution in [0.4, 0.5) is 0 Å². The molecule has 1 aromatic rings. The van der Waals surface area contributed by atoms with E-state index in [1.165, 1.54) is 0 Å². The summed E-state index contributed by atoms with van der Waals surface area (Å²) in [6, 6.07) is 0. The van der Waals surface area contributed by atoms with E-state index in [1.54, 1.807) is 13.8 Å². The molecule has 1 saturated heterocycles. The summed E-state index contributed by atoms with van der Waals surface area (Å²) in [6.07, 6.45) is -6.18. The van der Waals surface area contributed by atoms with Crippen LogP contribution in [-0.4, -0.2) is 74.6 Å². The Morgan fingerprint density at radius 1 is 1.03 bits per heavy atom. The number of nitrogens with one attached hydrogen (secondary N) is 2. The molecule has 0 aromatic carbocycles. The van der Waals surface area contributed by atoms with E-state index in [9.17, 15) is 39.9 Å². The summed E-state index contributed by atoms with van der Waals surface area (Å²) in [4.78, 5) is 74.5. The van der Waals surface area contributed by atoms with Crippen molar-refractivity contribution in [3.8, 4) is 0 Å². The highest BCUT2D eigenvalue weighted by molar-refractivity contribution is 6.05. The number of ether oxygens (including phenoxy) is 1. The van der Waals surface area contributed by atoms with Crippen LogP contribution in [0.1, 0.15) is 41.1 Å². The van der Waals surface area contributed by atoms with Gasteiger partial charge in [-0.05, 0) is 13.8 Å². The average Bonchev–Trinajstić information content (AvgIpc) is 3.28. The molecule has 1 aliphatic rings. The van der Waals surface area contributed by atoms with Gasteiger partial charge in [-0.3, -0.25) is 14.2 Å². The van der Waals surface area contributed by atoms with Gasteiger partial charge in [-0.2, -0.15) is 0 Å². The Morgan fingerprint density at radius 3 is 2.15 bits per heavy atom. The SMILES string of the molecule is CCNC(=O)c1ncn([C@@H]2O[C@H](CO[N+](=O)[O-])[C@@H](O[N+](=O)[O-])[C@H]2O[N+](=O)[O-])c1C(=O)NCC. The molecule has 0 bridgehead atoms. The molecule has 0 spiro atoms. The van der Waals surface area contributed by atoms with Crippen LogP contribution in [-0.2, 0) is 19.2 Å². The van der Waals surface area contributed by atoms with Crippen LogP contribution in [0.15, 0.2) is 6.33 Å². The number of hydrogen-bond acceptors (Lipinski definition) is 13. The topological polar surface area (TPSA) is 242 Å². The molecule has 0 aliphatic carbocycles. The second kappa shape index (κ2) is 10.8. The fourth-order valence-electron chi connectivity index (χ4n) is 3.07. The molecule has 2 rings (SSSR count). The minimum atomic E-state index is -1.91. The molecule has 2 amide bonds. The zero-order valence-corrected chi connectivity index (χ0v) is 17.1. The number of nitrogens with zero attached hydrogens (tertiary/aromatic N) is 5. The van der Waals surface area contributed by atoms with Gasteiger partial charge < -0.3 is 29.9 Å². The standard InChI is InChI=1S/C14H19N7O12/c1-3-15-12(22)8-9(13(23)16-4-2)18(6-17-8)14-11(33-21(28)29)10(32-20(26)27)7(31-14)5-30-19(24)25/h6-7,10-11,14H,3-5H2,1-2H3,(H,15,22)(H,16,23)/t7-,10-,11-,14-/m1/s1. The smallest absolute Gasteiger partial charge is 0.295 e. The summed E-state index contributed by atoms with van der Waals surface area (Å²) in [7, 11) is 0. The third-order valence-electron chi connectivity index (χ3n) is 4.22. The number of carbonyl (C=O) groups is 2. The first-order valence-corrected chi connectivity index (χ1v) is 9.28. The van der Waals surface area contributed by atoms with Crippen molar-refractivity contribution >= 4 is 11.8 Å². The highest BCUT2D eigenvalue weighted by Gasteiger charge is 2.52. The molecule has 2 heterocycles. The van der Waals surface area contributed by atoms with Crippen molar-refractivity contribution in [3.63, 3.8) is 0 Å². The molecule has 0 radical (unpaired) electrons. The lowest BCUT2D eigenvalue weighted by atomic mass is 10.1. The predicted molar refractivity (Wildman–Crippen MR) is 98.8 cm³/mol. The van der Waals surface area contributed by atoms with Crippen molar-refractivity contribution < 1.29 is 44.1 Å². The predicted octanol–water partition coefficient (Wildman–Crippen LogP) is -1.36. The normalized spacial score (nSPS) is 21.6. The second-order valence-corrected chi connectivity index (χ2v) is 6.24. The first-order chi connectivity index (χ1) is 15.6. The number of aromatic nitrogens is 2. The molecular weight excluding hydrogens is 458 g/mol. The van der Waals surface area contributed by atoms with Crippen LogP contribution in [0.5, 0.6) is 0 Å². The third kappa shape index (κ3) is 5.90. The quantitative estimate of drug-likeness (QED) is 0.261. The van der Waals surface area contributed by atoms with Crippen LogP contribution in [0.25, 0.3) is 0 Å². The Morgan fingerprint density at radius 2 is 1.61 bits per heavy atom. The first-order valence-electron chi connectivity index (χ1n) is 9.28. The second-order valence-electron chi connectivity index (χ2n) is 6.24. The van der Waals surface area contributed by atoms with Gasteiger partial charge in [0.2, 0.25) is 0 Å². The van der Waals surface area contributed by atoms with Gasteiger partial charge in [0.15, 0.2) is 24.1 Å². The van der Waals surface area contributed by atoms with Crippen LogP contribution in [0.3, 0.4) is 0 Å². The zero-order valence-electron chi connectivity index (χ0n) is 17.1. The molecule has 33 heavy (non-hydrogen) atoms. The summed E-state index contributed by atoms with van der Waals surface area (Å²) in [6.45, 7) is 2.59. The highest BCUT2D eigenvalue weighted by atomic mass is 17.0. The minimum absolute atomic E-state index is 0.131. The fraction of sp³-hybridized carbons (Fsp3) is 0.643. The molecule has 19 heteroatoms. The van der Waals surface area contributed by atoms with E-state index in [0.717, 1.165) is 10.9 Å². The van der Waals surface area contributed by atoms with Gasteiger partial charge in [0.1, 0.15) is 18.4 Å². The van der Waals surface area contributed by atoms with Crippen molar-refractivity contribution in [1.82, 2.24) is 20.2 Å². The van der Waals surface area contributed by atoms with Gasteiger partial charge >= 0.3 is 0 Å². The van der Waals surface area contributed by atoms with Gasteiger partial charge in [-0.25, -0.2) is 4.98 Å². The van der Waals surface area contributed by atoms with Crippen LogP contribution < -0.4 is 10.6 Å². The van der Waals surface area contributed by atoms with E-state index in [0.29, 0.717) is 0 Å². The van der Waals surface area contributed by atoms with Crippen molar-refractivity contribution in [2.45, 2.75) is 38.4 Å². The van der Waals surface area contributed by atoms with E-state index in [2.05, 4.69) is 30.1 Å². The molecule has 1 aliphatic heterocycles. The van der Waals surface area contributed by atoms with E-state index in [-0.39, 0.29) is 18.8 Å². The summed E-state index contributed by atoms with van der Waals surface area (Å²) in [5.41, 5.74) is -0.775. The highest BCUT2D eigenvalue weighted by Crippen LogP contribution is 2.35. The molecule has 2 N–H and O–H groups in total. The average molecular weight is 477 g/mol. The summed E-state index contributed by atoms with van der Waals surface area (Å²) in [5.74, 6) is -1.58. The molecule has 182 valence electrons. The molecule has 0 saturated carbocycles. The van der Waals surface area contributed by atoms with E-state index >= 15 is 0 Å². The van der Waals surface area contributed by atoms with Crippen molar-refractivity contribution in [1.29, 1.82) is 0 Å². The number of amides is 2. The lowest BCUT2D eigenvalue weighted by Gasteiger charge is -2.22. The van der Waals surface area contributed by atoms with Gasteiger partial charge in [0.25, 0.3) is 27.1 Å². The Kier molecular flexibility index (Phi) is 8.20. The first kappa shape index (κ1) is 25.0. The summed E-state index contributed by atoms with van der Waals surface area (Å²) < 4.78 is 6.35. The number of imidazole rings is 1. The van der Waals surface area contributed by atoms with E-state index < -0.39 is 63.9 Å². The van der Waals surface area contributed by atoms with Crippen molar-refractivity contribution in [3.05, 3.63) is 48.1 Å². The lowest BCUT2D eigenvalue weighted by molar-refractivity contribution is -0.799. The maximum atomic E-state index is 12.7. The van der Waals surface area contributed by atoms with Gasteiger partial charge in [0.05, 0.1) is 6.33 Å². The van der Waals surface area contributed by atoms with Gasteiger partial charge in [-0.1, -0.05) is 0 Å². The Bertz CT molecular complexity index is 920. The van der Waals surface area contributed by atoms with E-state index in [1.807, 2.05) is 0 Å². The molecule has 4 atom stereocenters. The largest absolute Gasteiger partial charge is 0.351 e. The number of hydrogen-bond donors (Lipinski definition) is 2. The zero-order chi connectivity index (χ0) is 24.7. The molecule has 1 fully saturated rings. The lowest BCUT2D eigenvalue weighted by Crippen LogP contribution is -2.41. The van der Waals surface area contributed by atoms with Gasteiger partial charge in [0, 0.05) is 13.1 Å². The van der Waals surface area contributed by atoms with E-state index in [4.69, 9.17) is 4.74 Å². The maximum Gasteiger partial charge on any atom is 0.295 e. The maximum absolute atomic E-state index is 12.7. The number of carbonyl (C=O) groups excluding carboxylic acids is 2. The summed E-state index contributed by atoms with van der Waals surface area (Å²) >= 11 is 0. The fourth-order valence-corrected chi connectivity index (χ4v) is 3.07. The Labute approximate surface area is 183 Å². The monoisotopic (exact) mass is 477 g/mol. The molecule has 0 unspecified atom stereocenters. The Hall–Kier alpha value is -4.29. The molecule has 1 aromatic heterocycles. The Balaban J connectivity index is 2.56. The third-order valence-corrected chi connectivity index (χ3v) is 4.22. The van der Waals surface area contributed by atoms with Crippen LogP contribution in [0.2, 0.25) is 0 Å².